The molecular formula is C27H45N7O11+2. The molecule has 1 aromatic rings. The Bertz CT molecular complexity index is 1180. The molecule has 2 saturated heterocycles. The van der Waals surface area contributed by atoms with Crippen LogP contribution in [0.25, 0.3) is 0 Å². The molecule has 2 aliphatic rings. The van der Waals surface area contributed by atoms with Crippen molar-refractivity contribution in [2.75, 3.05) is 81.6 Å². The van der Waals surface area contributed by atoms with Crippen LogP contribution >= 0.6 is 0 Å². The number of likely N-dealkylation sites (N-methyl/N-ethyl adjacent to an activating group) is 2. The summed E-state index contributed by atoms with van der Waals surface area (Å²) in [6.45, 7) is 6.25. The van der Waals surface area contributed by atoms with E-state index in [1.807, 2.05) is 0 Å². The first-order valence-electron chi connectivity index (χ1n) is 14.6. The quantitative estimate of drug-likeness (QED) is 0.235. The van der Waals surface area contributed by atoms with E-state index in [0.29, 0.717) is 12.1 Å². The molecule has 4 atom stereocenters. The third kappa shape index (κ3) is 11.0. The molecule has 0 saturated carbocycles. The van der Waals surface area contributed by atoms with Gasteiger partial charge in [0.15, 0.2) is 12.2 Å². The summed E-state index contributed by atoms with van der Waals surface area (Å²) in [7, 11) is 11.5. The number of rotatable bonds is 9. The van der Waals surface area contributed by atoms with Crippen molar-refractivity contribution < 1.29 is 47.9 Å². The number of nitro groups is 3. The first-order chi connectivity index (χ1) is 20.9. The van der Waals surface area contributed by atoms with E-state index in [-0.39, 0.29) is 24.4 Å². The monoisotopic (exact) mass is 643 g/mol. The molecule has 0 aliphatic carbocycles. The van der Waals surface area contributed by atoms with Crippen LogP contribution in [-0.2, 0) is 9.47 Å². The van der Waals surface area contributed by atoms with Gasteiger partial charge in [0.05, 0.1) is 67.2 Å². The zero-order chi connectivity index (χ0) is 34.1. The molecule has 0 aromatic heterocycles. The van der Waals surface area contributed by atoms with Crippen LogP contribution in [0.4, 0.5) is 26.7 Å². The Morgan fingerprint density at radius 1 is 0.800 bits per heavy atom. The fourth-order valence-electron chi connectivity index (χ4n) is 5.65. The molecule has 252 valence electrons. The van der Waals surface area contributed by atoms with Gasteiger partial charge in [-0.1, -0.05) is 0 Å². The molecule has 1 aromatic carbocycles. The molecule has 0 spiro atoms. The van der Waals surface area contributed by atoms with E-state index in [9.17, 15) is 39.9 Å². The molecule has 2 heterocycles. The topological polar surface area (TPSA) is 209 Å². The number of carbonyl (C=O) groups is 2. The number of quaternary nitrogens is 2. The highest BCUT2D eigenvalue weighted by molar-refractivity contribution is 5.67. The molecule has 18 heteroatoms. The predicted molar refractivity (Wildman–Crippen MR) is 161 cm³/mol. The van der Waals surface area contributed by atoms with Gasteiger partial charge in [-0.2, -0.15) is 0 Å². The van der Waals surface area contributed by atoms with Crippen LogP contribution in [0.15, 0.2) is 12.1 Å². The number of ether oxygens (including phenoxy) is 2. The van der Waals surface area contributed by atoms with Gasteiger partial charge in [0.25, 0.3) is 11.4 Å². The van der Waals surface area contributed by atoms with Crippen LogP contribution in [0.1, 0.15) is 32.1 Å². The van der Waals surface area contributed by atoms with Gasteiger partial charge in [0, 0.05) is 47.5 Å². The van der Waals surface area contributed by atoms with Crippen LogP contribution in [0.3, 0.4) is 0 Å². The molecule has 2 aliphatic heterocycles. The van der Waals surface area contributed by atoms with Gasteiger partial charge >= 0.3 is 23.6 Å². The average molecular weight is 644 g/mol. The smallest absolute Gasteiger partial charge is 0.409 e. The molecular weight excluding hydrogens is 598 g/mol. The highest BCUT2D eigenvalue weighted by atomic mass is 16.6. The maximum atomic E-state index is 11.9. The van der Waals surface area contributed by atoms with Gasteiger partial charge in [-0.05, 0) is 12.8 Å². The largest absolute Gasteiger partial charge is 0.497 e. The highest BCUT2D eigenvalue weighted by Crippen LogP contribution is 2.39. The molecule has 2 fully saturated rings. The maximum absolute atomic E-state index is 11.9. The number of aromatic hydroxyl groups is 1. The van der Waals surface area contributed by atoms with E-state index in [2.05, 4.69) is 14.1 Å². The SMILES string of the molecule is CN(C)C(=O)OC1CCC[N+](C)(CCC[N+]2(C)CCCC(OC(=O)N(C)C)C2)C1.O=[N+]([O-])c1cc([N+](=O)[O-])c(O)c([N+](=O)[O-])c1. The lowest BCUT2D eigenvalue weighted by Crippen LogP contribution is -2.57. The fourth-order valence-corrected chi connectivity index (χ4v) is 5.65. The molecule has 0 bridgehead atoms. The summed E-state index contributed by atoms with van der Waals surface area (Å²) < 4.78 is 13.2. The highest BCUT2D eigenvalue weighted by Gasteiger charge is 2.37. The Balaban J connectivity index is 0.000000372. The van der Waals surface area contributed by atoms with Crippen LogP contribution in [0.2, 0.25) is 0 Å². The minimum atomic E-state index is -1.21. The van der Waals surface area contributed by atoms with Crippen molar-refractivity contribution in [3.8, 4) is 5.75 Å². The number of likely N-dealkylation sites (tertiary alicyclic amines) is 2. The lowest BCUT2D eigenvalue weighted by Gasteiger charge is -2.43. The number of phenols is 1. The number of nitrogens with zero attached hydrogens (tertiary/aromatic N) is 7. The molecule has 2 amide bonds. The second-order valence-corrected chi connectivity index (χ2v) is 12.5. The van der Waals surface area contributed by atoms with Crippen molar-refractivity contribution in [1.29, 1.82) is 0 Å². The number of hydrogen-bond donors (Lipinski definition) is 1. The van der Waals surface area contributed by atoms with Crippen molar-refractivity contribution in [3.63, 3.8) is 0 Å². The number of benzene rings is 1. The van der Waals surface area contributed by atoms with Crippen molar-refractivity contribution in [3.05, 3.63) is 42.5 Å². The van der Waals surface area contributed by atoms with Crippen LogP contribution in [-0.4, -0.2) is 145 Å². The van der Waals surface area contributed by atoms with E-state index in [0.717, 1.165) is 80.3 Å². The summed E-state index contributed by atoms with van der Waals surface area (Å²) in [6.07, 6.45) is 4.76. The van der Waals surface area contributed by atoms with Crippen LogP contribution in [0.5, 0.6) is 5.75 Å². The van der Waals surface area contributed by atoms with E-state index < -0.39 is 37.6 Å². The molecule has 4 unspecified atom stereocenters. The fraction of sp³-hybridized carbons (Fsp3) is 0.704. The van der Waals surface area contributed by atoms with Gasteiger partial charge in [0.2, 0.25) is 0 Å². The van der Waals surface area contributed by atoms with E-state index >= 15 is 0 Å². The Hall–Kier alpha value is -4.32. The normalized spacial score (nSPS) is 24.3. The van der Waals surface area contributed by atoms with Crippen LogP contribution in [0, 0.1) is 30.3 Å². The van der Waals surface area contributed by atoms with Crippen molar-refractivity contribution >= 4 is 29.2 Å². The third-order valence-electron chi connectivity index (χ3n) is 8.06. The van der Waals surface area contributed by atoms with Gasteiger partial charge < -0.3 is 33.3 Å². The van der Waals surface area contributed by atoms with E-state index in [1.165, 1.54) is 9.80 Å². The van der Waals surface area contributed by atoms with Gasteiger partial charge in [0.1, 0.15) is 13.1 Å². The number of phenolic OH excluding ortho intramolecular Hbond substituents is 1. The van der Waals surface area contributed by atoms with Gasteiger partial charge in [-0.25, -0.2) is 9.59 Å². The van der Waals surface area contributed by atoms with Gasteiger partial charge in [-0.15, -0.1) is 0 Å². The Morgan fingerprint density at radius 3 is 1.49 bits per heavy atom. The van der Waals surface area contributed by atoms with Crippen molar-refractivity contribution in [2.24, 2.45) is 0 Å². The van der Waals surface area contributed by atoms with E-state index in [1.54, 1.807) is 28.2 Å². The zero-order valence-corrected chi connectivity index (χ0v) is 26.7. The number of piperidine rings is 2. The van der Waals surface area contributed by atoms with Crippen LogP contribution < -0.4 is 0 Å². The summed E-state index contributed by atoms with van der Waals surface area (Å²) in [4.78, 5) is 54.5. The molecule has 45 heavy (non-hydrogen) atoms. The number of amides is 2. The summed E-state index contributed by atoms with van der Waals surface area (Å²) >= 11 is 0. The number of hydrogen-bond acceptors (Lipinski definition) is 11. The zero-order valence-electron chi connectivity index (χ0n) is 26.7. The van der Waals surface area contributed by atoms with Crippen molar-refractivity contribution in [2.45, 2.75) is 44.3 Å². The standard InChI is InChI=1S/C21H42N4O4.C6H3N3O7/c1-22(2)20(26)28-18-10-7-12-24(5,16-18)14-9-15-25(6)13-8-11-19(17-25)29-21(27)23(3)4;10-6-4(8(13)14)1-3(7(11)12)2-5(6)9(15)16/h18-19H,7-17H2,1-6H3;1-2,10H/q+2;. The van der Waals surface area contributed by atoms with E-state index in [4.69, 9.17) is 14.6 Å². The predicted octanol–water partition coefficient (Wildman–Crippen LogP) is 3.11. The number of nitro benzene ring substituents is 3. The van der Waals surface area contributed by atoms with Gasteiger partial charge in [-0.3, -0.25) is 30.3 Å². The van der Waals surface area contributed by atoms with Crippen molar-refractivity contribution in [1.82, 2.24) is 9.80 Å². The molecule has 1 N–H and O–H groups in total. The summed E-state index contributed by atoms with van der Waals surface area (Å²) in [5, 5.41) is 40.2. The lowest BCUT2D eigenvalue weighted by atomic mass is 10.0. The number of non-ortho nitro benzene ring substituents is 1. The first-order valence-corrected chi connectivity index (χ1v) is 14.6. The second-order valence-electron chi connectivity index (χ2n) is 12.5. The second kappa shape index (κ2) is 15.6. The minimum absolute atomic E-state index is 0.0123. The number of carbonyl (C=O) groups excluding carboxylic acids is 2. The molecule has 0 radical (unpaired) electrons. The minimum Gasteiger partial charge on any atom is -0.497 e. The first kappa shape index (κ1) is 36.9. The average Bonchev–Trinajstić information content (AvgIpc) is 2.92. The summed E-state index contributed by atoms with van der Waals surface area (Å²) in [5.74, 6) is -1.21. The maximum Gasteiger partial charge on any atom is 0.409 e. The Kier molecular flexibility index (Phi) is 12.8. The summed E-state index contributed by atoms with van der Waals surface area (Å²) in [6, 6.07) is 0.894. The Morgan fingerprint density at radius 2 is 1.18 bits per heavy atom. The Labute approximate surface area is 261 Å². The molecule has 3 rings (SSSR count). The molecule has 18 nitrogen and oxygen atoms in total. The third-order valence-corrected chi connectivity index (χ3v) is 8.06. The lowest BCUT2D eigenvalue weighted by molar-refractivity contribution is -0.935. The summed E-state index contributed by atoms with van der Waals surface area (Å²) in [5.41, 5.74) is -3.00.